The fraction of sp³-hybridized carbons (Fsp3) is 0.917. The zero-order valence-electron chi connectivity index (χ0n) is 9.83. The monoisotopic (exact) mass is 213 g/mol. The Labute approximate surface area is 92.3 Å². The van der Waals surface area contributed by atoms with Gasteiger partial charge in [-0.1, -0.05) is 25.7 Å². The summed E-state index contributed by atoms with van der Waals surface area (Å²) in [4.78, 5) is 10.6. The molecule has 0 saturated heterocycles. The maximum absolute atomic E-state index is 10.6. The second kappa shape index (κ2) is 6.11. The number of carbonyl (C=O) groups is 1. The molecule has 0 aliphatic heterocycles. The number of aliphatic carboxylic acids is 1. The van der Waals surface area contributed by atoms with Crippen LogP contribution in [0.4, 0.5) is 0 Å². The summed E-state index contributed by atoms with van der Waals surface area (Å²) in [7, 11) is 0. The third kappa shape index (κ3) is 4.65. The zero-order valence-corrected chi connectivity index (χ0v) is 9.83. The Kier molecular flexibility index (Phi) is 5.09. The molecule has 0 spiro atoms. The second-order valence-electron chi connectivity index (χ2n) is 4.86. The van der Waals surface area contributed by atoms with Gasteiger partial charge in [0.25, 0.3) is 0 Å². The minimum Gasteiger partial charge on any atom is -0.480 e. The lowest BCUT2D eigenvalue weighted by Gasteiger charge is -2.18. The molecule has 0 aromatic heterocycles. The first-order valence-electron chi connectivity index (χ1n) is 6.08. The number of carboxylic acid groups (broad SMARTS) is 1. The molecule has 0 aromatic rings. The van der Waals surface area contributed by atoms with E-state index in [-0.39, 0.29) is 0 Å². The minimum absolute atomic E-state index is 0.316. The van der Waals surface area contributed by atoms with Gasteiger partial charge in [0.1, 0.15) is 6.04 Å². The molecule has 1 aliphatic rings. The standard InChI is InChI=1S/C12H23NO2/c1-9(13-10(2)12(14)15)7-8-11-5-3-4-6-11/h9-11,13H,3-8H2,1-2H3,(H,14,15)/t9?,10-/m1/s1. The average molecular weight is 213 g/mol. The van der Waals surface area contributed by atoms with Crippen LogP contribution in [0.2, 0.25) is 0 Å². The van der Waals surface area contributed by atoms with Gasteiger partial charge in [-0.3, -0.25) is 4.79 Å². The third-order valence-electron chi connectivity index (χ3n) is 3.39. The first-order valence-corrected chi connectivity index (χ1v) is 6.08. The normalized spacial score (nSPS) is 21.5. The maximum atomic E-state index is 10.6. The molecule has 88 valence electrons. The summed E-state index contributed by atoms with van der Waals surface area (Å²) in [6, 6.07) is -0.111. The molecular formula is C12H23NO2. The average Bonchev–Trinajstić information content (AvgIpc) is 2.66. The molecule has 1 rings (SSSR count). The Balaban J connectivity index is 2.12. The smallest absolute Gasteiger partial charge is 0.320 e. The molecule has 1 unspecified atom stereocenters. The van der Waals surface area contributed by atoms with E-state index >= 15 is 0 Å². The van der Waals surface area contributed by atoms with Gasteiger partial charge in [0.05, 0.1) is 0 Å². The molecule has 1 fully saturated rings. The summed E-state index contributed by atoms with van der Waals surface area (Å²) >= 11 is 0. The van der Waals surface area contributed by atoms with Gasteiger partial charge in [-0.2, -0.15) is 0 Å². The molecule has 1 aliphatic carbocycles. The molecule has 3 nitrogen and oxygen atoms in total. The molecule has 2 atom stereocenters. The van der Waals surface area contributed by atoms with E-state index in [9.17, 15) is 4.79 Å². The molecule has 0 bridgehead atoms. The summed E-state index contributed by atoms with van der Waals surface area (Å²) in [5, 5.41) is 11.9. The van der Waals surface area contributed by atoms with Crippen molar-refractivity contribution in [1.82, 2.24) is 5.32 Å². The molecular weight excluding hydrogens is 190 g/mol. The van der Waals surface area contributed by atoms with Crippen molar-refractivity contribution in [3.63, 3.8) is 0 Å². The topological polar surface area (TPSA) is 49.3 Å². The Morgan fingerprint density at radius 3 is 2.53 bits per heavy atom. The van der Waals surface area contributed by atoms with Crippen LogP contribution in [0.3, 0.4) is 0 Å². The van der Waals surface area contributed by atoms with Gasteiger partial charge in [-0.25, -0.2) is 0 Å². The van der Waals surface area contributed by atoms with Crippen LogP contribution in [0.25, 0.3) is 0 Å². The van der Waals surface area contributed by atoms with Crippen molar-refractivity contribution < 1.29 is 9.90 Å². The van der Waals surface area contributed by atoms with E-state index in [2.05, 4.69) is 12.2 Å². The highest BCUT2D eigenvalue weighted by molar-refractivity contribution is 5.72. The van der Waals surface area contributed by atoms with Crippen LogP contribution in [-0.4, -0.2) is 23.2 Å². The highest BCUT2D eigenvalue weighted by Crippen LogP contribution is 2.28. The molecule has 3 heteroatoms. The number of carboxylic acids is 1. The molecule has 15 heavy (non-hydrogen) atoms. The van der Waals surface area contributed by atoms with Gasteiger partial charge in [0.2, 0.25) is 0 Å². The van der Waals surface area contributed by atoms with E-state index in [1.54, 1.807) is 6.92 Å². The first kappa shape index (κ1) is 12.5. The van der Waals surface area contributed by atoms with E-state index in [4.69, 9.17) is 5.11 Å². The number of nitrogens with one attached hydrogen (secondary N) is 1. The molecule has 0 aromatic carbocycles. The Bertz CT molecular complexity index is 200. The fourth-order valence-corrected chi connectivity index (χ4v) is 2.37. The molecule has 1 saturated carbocycles. The third-order valence-corrected chi connectivity index (χ3v) is 3.39. The van der Waals surface area contributed by atoms with Crippen molar-refractivity contribution in [2.75, 3.05) is 0 Å². The Morgan fingerprint density at radius 2 is 2.00 bits per heavy atom. The van der Waals surface area contributed by atoms with E-state index in [0.29, 0.717) is 6.04 Å². The predicted molar refractivity (Wildman–Crippen MR) is 60.9 cm³/mol. The second-order valence-corrected chi connectivity index (χ2v) is 4.86. The van der Waals surface area contributed by atoms with Gasteiger partial charge in [-0.05, 0) is 32.6 Å². The van der Waals surface area contributed by atoms with Gasteiger partial charge in [-0.15, -0.1) is 0 Å². The number of hydrogen-bond donors (Lipinski definition) is 2. The zero-order chi connectivity index (χ0) is 11.3. The summed E-state index contributed by atoms with van der Waals surface area (Å²) < 4.78 is 0. The largest absolute Gasteiger partial charge is 0.480 e. The summed E-state index contributed by atoms with van der Waals surface area (Å²) in [6.45, 7) is 3.78. The lowest BCUT2D eigenvalue weighted by atomic mass is 9.99. The van der Waals surface area contributed by atoms with Gasteiger partial charge in [0, 0.05) is 6.04 Å². The van der Waals surface area contributed by atoms with Crippen molar-refractivity contribution in [3.05, 3.63) is 0 Å². The molecule has 0 heterocycles. The van der Waals surface area contributed by atoms with Crippen molar-refractivity contribution in [2.45, 2.75) is 64.5 Å². The van der Waals surface area contributed by atoms with Crippen LogP contribution in [-0.2, 0) is 4.79 Å². The maximum Gasteiger partial charge on any atom is 0.320 e. The fourth-order valence-electron chi connectivity index (χ4n) is 2.37. The quantitative estimate of drug-likeness (QED) is 0.712. The SMILES string of the molecule is CC(CCC1CCCC1)N[C@H](C)C(=O)O. The first-order chi connectivity index (χ1) is 7.09. The number of rotatable bonds is 6. The summed E-state index contributed by atoms with van der Waals surface area (Å²) in [5.41, 5.74) is 0. The highest BCUT2D eigenvalue weighted by atomic mass is 16.4. The summed E-state index contributed by atoms with van der Waals surface area (Å²) in [6.07, 6.45) is 7.88. The van der Waals surface area contributed by atoms with E-state index < -0.39 is 12.0 Å². The van der Waals surface area contributed by atoms with Crippen molar-refractivity contribution in [3.8, 4) is 0 Å². The van der Waals surface area contributed by atoms with Crippen LogP contribution in [0.5, 0.6) is 0 Å². The van der Waals surface area contributed by atoms with Crippen molar-refractivity contribution in [1.29, 1.82) is 0 Å². The van der Waals surface area contributed by atoms with Gasteiger partial charge < -0.3 is 10.4 Å². The lowest BCUT2D eigenvalue weighted by Crippen LogP contribution is -2.39. The van der Waals surface area contributed by atoms with Gasteiger partial charge >= 0.3 is 5.97 Å². The van der Waals surface area contributed by atoms with Crippen LogP contribution < -0.4 is 5.32 Å². The van der Waals surface area contributed by atoms with Crippen molar-refractivity contribution >= 4 is 5.97 Å². The highest BCUT2D eigenvalue weighted by Gasteiger charge is 2.17. The lowest BCUT2D eigenvalue weighted by molar-refractivity contribution is -0.139. The predicted octanol–water partition coefficient (Wildman–Crippen LogP) is 2.41. The molecule has 0 amide bonds. The number of hydrogen-bond acceptors (Lipinski definition) is 2. The summed E-state index contributed by atoms with van der Waals surface area (Å²) in [5.74, 6) is 0.136. The van der Waals surface area contributed by atoms with Crippen LogP contribution in [0, 0.1) is 5.92 Å². The molecule has 2 N–H and O–H groups in total. The van der Waals surface area contributed by atoms with E-state index in [1.165, 1.54) is 32.1 Å². The van der Waals surface area contributed by atoms with Crippen LogP contribution in [0.1, 0.15) is 52.4 Å². The van der Waals surface area contributed by atoms with Crippen molar-refractivity contribution in [2.24, 2.45) is 5.92 Å². The Morgan fingerprint density at radius 1 is 1.40 bits per heavy atom. The van der Waals surface area contributed by atoms with Crippen LogP contribution in [0.15, 0.2) is 0 Å². The van der Waals surface area contributed by atoms with E-state index in [0.717, 1.165) is 12.3 Å². The minimum atomic E-state index is -0.761. The van der Waals surface area contributed by atoms with Crippen LogP contribution >= 0.6 is 0 Å². The molecule has 0 radical (unpaired) electrons. The van der Waals surface area contributed by atoms with E-state index in [1.807, 2.05) is 0 Å². The van der Waals surface area contributed by atoms with Gasteiger partial charge in [0.15, 0.2) is 0 Å². The Hall–Kier alpha value is -0.570.